The van der Waals surface area contributed by atoms with Gasteiger partial charge >= 0.3 is 5.97 Å². The first-order valence-corrected chi connectivity index (χ1v) is 10.7. The molecule has 0 aromatic heterocycles. The molecule has 1 aromatic carbocycles. The van der Waals surface area contributed by atoms with E-state index in [9.17, 15) is 20.3 Å². The van der Waals surface area contributed by atoms with Crippen molar-refractivity contribution in [1.82, 2.24) is 0 Å². The Morgan fingerprint density at radius 2 is 2.07 bits per heavy atom. The number of aliphatic hydroxyl groups excluding tert-OH is 2. The van der Waals surface area contributed by atoms with Crippen molar-refractivity contribution in [3.05, 3.63) is 46.5 Å². The Morgan fingerprint density at radius 3 is 2.69 bits per heavy atom. The number of aliphatic carboxylic acids is 1. The number of hydrogen-bond acceptors (Lipinski definition) is 4. The molecule has 1 aliphatic rings. The third kappa shape index (κ3) is 5.96. The third-order valence-electron chi connectivity index (χ3n) is 5.55. The monoisotopic (exact) mass is 439 g/mol. The highest BCUT2D eigenvalue weighted by Crippen LogP contribution is 2.48. The average Bonchev–Trinajstić information content (AvgIpc) is 2.96. The quantitative estimate of drug-likeness (QED) is 0.300. The second-order valence-corrected chi connectivity index (χ2v) is 8.68. The molecule has 0 spiro atoms. The Hall–Kier alpha value is -1.58. The van der Waals surface area contributed by atoms with Crippen LogP contribution in [0.5, 0.6) is 0 Å². The number of benzene rings is 1. The van der Waals surface area contributed by atoms with E-state index >= 15 is 0 Å². The lowest BCUT2D eigenvalue weighted by Crippen LogP contribution is -2.18. The molecule has 158 valence electrons. The highest BCUT2D eigenvalue weighted by Gasteiger charge is 2.42. The van der Waals surface area contributed by atoms with Crippen molar-refractivity contribution in [1.29, 1.82) is 5.26 Å². The van der Waals surface area contributed by atoms with Gasteiger partial charge in [0.25, 0.3) is 0 Å². The van der Waals surface area contributed by atoms with E-state index in [2.05, 4.69) is 6.07 Å². The average molecular weight is 440 g/mol. The summed E-state index contributed by atoms with van der Waals surface area (Å²) in [6.07, 6.45) is 5.73. The predicted molar refractivity (Wildman–Crippen MR) is 113 cm³/mol. The normalized spacial score (nSPS) is 25.2. The number of aliphatic hydroxyl groups is 2. The zero-order chi connectivity index (χ0) is 21.6. The molecular weight excluding hydrogens is 413 g/mol. The predicted octanol–water partition coefficient (Wildman–Crippen LogP) is 4.41. The van der Waals surface area contributed by atoms with Crippen molar-refractivity contribution in [2.75, 3.05) is 6.61 Å². The van der Waals surface area contributed by atoms with Gasteiger partial charge in [0.1, 0.15) is 6.10 Å². The van der Waals surface area contributed by atoms with E-state index in [1.54, 1.807) is 6.07 Å². The Morgan fingerprint density at radius 1 is 1.34 bits per heavy atom. The molecule has 0 aliphatic heterocycles. The molecule has 0 heterocycles. The van der Waals surface area contributed by atoms with Crippen LogP contribution in [0.15, 0.2) is 24.3 Å². The summed E-state index contributed by atoms with van der Waals surface area (Å²) in [6.45, 7) is 1.43. The largest absolute Gasteiger partial charge is 0.481 e. The van der Waals surface area contributed by atoms with Gasteiger partial charge in [0.2, 0.25) is 0 Å². The minimum Gasteiger partial charge on any atom is -0.481 e. The maximum absolute atomic E-state index is 10.6. The number of allylic oxidation sites excluding steroid dienone is 2. The number of carbonyl (C=O) groups is 1. The number of alkyl halides is 2. The molecule has 1 aromatic rings. The summed E-state index contributed by atoms with van der Waals surface area (Å²) in [5.74, 6) is -0.847. The Labute approximate surface area is 181 Å². The molecule has 0 saturated heterocycles. The Kier molecular flexibility index (Phi) is 8.98. The highest BCUT2D eigenvalue weighted by molar-refractivity contribution is 6.25. The van der Waals surface area contributed by atoms with Gasteiger partial charge in [-0.25, -0.2) is 0 Å². The number of rotatable bonds is 9. The third-order valence-corrected chi connectivity index (χ3v) is 6.50. The van der Waals surface area contributed by atoms with Crippen LogP contribution in [0.4, 0.5) is 0 Å². The molecule has 29 heavy (non-hydrogen) atoms. The van der Waals surface area contributed by atoms with Gasteiger partial charge in [0, 0.05) is 23.1 Å². The molecule has 1 aliphatic carbocycles. The number of nitriles is 1. The topological polar surface area (TPSA) is 102 Å². The molecule has 5 atom stereocenters. The van der Waals surface area contributed by atoms with Crippen LogP contribution in [0.25, 0.3) is 0 Å². The smallest absolute Gasteiger partial charge is 0.303 e. The molecule has 1 saturated carbocycles. The van der Waals surface area contributed by atoms with E-state index in [1.807, 2.05) is 25.1 Å². The summed E-state index contributed by atoms with van der Waals surface area (Å²) in [7, 11) is 0. The molecule has 3 N–H and O–H groups in total. The van der Waals surface area contributed by atoms with Gasteiger partial charge < -0.3 is 15.3 Å². The summed E-state index contributed by atoms with van der Waals surface area (Å²) < 4.78 is 0. The van der Waals surface area contributed by atoms with Gasteiger partial charge in [-0.15, -0.1) is 23.2 Å². The molecule has 0 radical (unpaired) electrons. The van der Waals surface area contributed by atoms with Crippen molar-refractivity contribution in [2.45, 2.75) is 61.8 Å². The highest BCUT2D eigenvalue weighted by atomic mass is 35.5. The fraction of sp³-hybridized carbons (Fsp3) is 0.545. The summed E-state index contributed by atoms with van der Waals surface area (Å²) in [5.41, 5.74) is 2.60. The summed E-state index contributed by atoms with van der Waals surface area (Å²) >= 11 is 13.2. The molecular formula is C22H27Cl2NO4. The maximum atomic E-state index is 10.6. The van der Waals surface area contributed by atoms with Crippen LogP contribution in [0.3, 0.4) is 0 Å². The number of carboxylic acids is 1. The van der Waals surface area contributed by atoms with Gasteiger partial charge in [0.05, 0.1) is 18.2 Å². The van der Waals surface area contributed by atoms with Gasteiger partial charge in [-0.3, -0.25) is 4.79 Å². The van der Waals surface area contributed by atoms with E-state index in [0.717, 1.165) is 11.1 Å². The lowest BCUT2D eigenvalue weighted by molar-refractivity contribution is -0.137. The molecule has 1 fully saturated rings. The van der Waals surface area contributed by atoms with Crippen molar-refractivity contribution < 1.29 is 20.1 Å². The molecule has 0 amide bonds. The molecule has 0 bridgehead atoms. The number of aryl methyl sites for hydroxylation is 1. The Bertz CT molecular complexity index is 790. The summed E-state index contributed by atoms with van der Waals surface area (Å²) in [4.78, 5) is 10.6. The van der Waals surface area contributed by atoms with E-state index in [0.29, 0.717) is 36.8 Å². The van der Waals surface area contributed by atoms with Crippen molar-refractivity contribution >= 4 is 29.2 Å². The van der Waals surface area contributed by atoms with E-state index in [4.69, 9.17) is 28.3 Å². The van der Waals surface area contributed by atoms with Crippen LogP contribution in [-0.2, 0) is 4.79 Å². The van der Waals surface area contributed by atoms with Crippen LogP contribution in [0, 0.1) is 24.2 Å². The van der Waals surface area contributed by atoms with Crippen LogP contribution < -0.4 is 0 Å². The maximum Gasteiger partial charge on any atom is 0.303 e. The summed E-state index contributed by atoms with van der Waals surface area (Å²) in [6, 6.07) is 5.72. The summed E-state index contributed by atoms with van der Waals surface area (Å²) in [5, 5.41) is 37.3. The lowest BCUT2D eigenvalue weighted by Gasteiger charge is -2.25. The number of hydrogen-bond donors (Lipinski definition) is 3. The van der Waals surface area contributed by atoms with Gasteiger partial charge in [-0.1, -0.05) is 18.2 Å². The van der Waals surface area contributed by atoms with Gasteiger partial charge in [-0.05, 0) is 61.3 Å². The SMILES string of the molecule is Cc1cc(C2C(Cl)CC(Cl)C2C/C=C\CCCC(=O)O)c(C#N)cc1C(O)CO. The zero-order valence-electron chi connectivity index (χ0n) is 16.4. The van der Waals surface area contributed by atoms with E-state index in [-0.39, 0.29) is 29.0 Å². The first-order chi connectivity index (χ1) is 13.8. The molecule has 7 heteroatoms. The van der Waals surface area contributed by atoms with Crippen LogP contribution in [0.1, 0.15) is 66.4 Å². The van der Waals surface area contributed by atoms with Crippen molar-refractivity contribution in [3.8, 4) is 6.07 Å². The van der Waals surface area contributed by atoms with Crippen LogP contribution >= 0.6 is 23.2 Å². The van der Waals surface area contributed by atoms with Crippen LogP contribution in [0.2, 0.25) is 0 Å². The van der Waals surface area contributed by atoms with Gasteiger partial charge in [0.15, 0.2) is 0 Å². The molecule has 2 rings (SSSR count). The number of unbranched alkanes of at least 4 members (excludes halogenated alkanes) is 1. The molecule has 5 nitrogen and oxygen atoms in total. The standard InChI is InChI=1S/C22H27Cl2NO4/c1-13-8-17(14(11-25)9-16(13)20(27)12-26)22-15(18(23)10-19(22)24)6-4-2-3-5-7-21(28)29/h2,4,8-9,15,18-20,22,26-27H,3,5-7,10,12H2,1H3,(H,28,29)/b4-2-. The number of carboxylic acid groups (broad SMARTS) is 1. The fourth-order valence-corrected chi connectivity index (χ4v) is 5.13. The first-order valence-electron chi connectivity index (χ1n) is 9.78. The zero-order valence-corrected chi connectivity index (χ0v) is 17.9. The Balaban J connectivity index is 2.24. The van der Waals surface area contributed by atoms with Crippen LogP contribution in [-0.4, -0.2) is 38.6 Å². The molecule has 5 unspecified atom stereocenters. The van der Waals surface area contributed by atoms with E-state index in [1.165, 1.54) is 0 Å². The fourth-order valence-electron chi connectivity index (χ4n) is 4.07. The van der Waals surface area contributed by atoms with Crippen molar-refractivity contribution in [2.24, 2.45) is 5.92 Å². The minimum absolute atomic E-state index is 0.0509. The second-order valence-electron chi connectivity index (χ2n) is 7.56. The minimum atomic E-state index is -1.03. The second kappa shape index (κ2) is 11.0. The number of halogens is 2. The van der Waals surface area contributed by atoms with Crippen molar-refractivity contribution in [3.63, 3.8) is 0 Å². The lowest BCUT2D eigenvalue weighted by atomic mass is 9.82. The van der Waals surface area contributed by atoms with E-state index < -0.39 is 18.7 Å². The number of nitrogens with zero attached hydrogens (tertiary/aromatic N) is 1. The first kappa shape index (κ1) is 23.7. The van der Waals surface area contributed by atoms with Gasteiger partial charge in [-0.2, -0.15) is 5.26 Å².